The summed E-state index contributed by atoms with van der Waals surface area (Å²) in [5, 5.41) is 11.3. The highest BCUT2D eigenvalue weighted by Gasteiger charge is 2.35. The molecule has 3 aromatic rings. The van der Waals surface area contributed by atoms with E-state index in [4.69, 9.17) is 23.2 Å². The molecular formula is C23H17Cl2N3O4S. The molecule has 2 aromatic carbocycles. The molecule has 1 aliphatic heterocycles. The van der Waals surface area contributed by atoms with E-state index >= 15 is 0 Å². The van der Waals surface area contributed by atoms with E-state index in [0.717, 1.165) is 34.4 Å². The molecule has 0 radical (unpaired) electrons. The number of aromatic nitrogens is 1. The molecule has 1 aromatic heterocycles. The van der Waals surface area contributed by atoms with E-state index in [1.54, 1.807) is 36.4 Å². The molecule has 0 unspecified atom stereocenters. The number of rotatable bonds is 5. The molecule has 4 rings (SSSR count). The summed E-state index contributed by atoms with van der Waals surface area (Å²) in [5.74, 6) is -0.379. The molecule has 1 saturated heterocycles. The number of benzene rings is 2. The SMILES string of the molecule is Cc1cc(/C=C2\SC(=O)N(Cc3ccc(Cl)c(Cl)c3)C2=O)c(C)n1-c1ccc([N+](=O)[O-])cc1. The number of imide groups is 1. The minimum Gasteiger partial charge on any atom is -0.318 e. The molecule has 1 aliphatic rings. The van der Waals surface area contributed by atoms with Gasteiger partial charge in [0.2, 0.25) is 0 Å². The van der Waals surface area contributed by atoms with Crippen LogP contribution in [0.15, 0.2) is 53.4 Å². The summed E-state index contributed by atoms with van der Waals surface area (Å²) >= 11 is 12.9. The lowest BCUT2D eigenvalue weighted by atomic mass is 10.2. The van der Waals surface area contributed by atoms with Gasteiger partial charge in [-0.15, -0.1) is 0 Å². The number of hydrogen-bond acceptors (Lipinski definition) is 5. The van der Waals surface area contributed by atoms with Crippen molar-refractivity contribution in [3.05, 3.63) is 96.1 Å². The standard InChI is InChI=1S/C23H17Cl2N3O4S/c1-13-9-16(14(2)27(13)17-4-6-18(7-5-17)28(31)32)11-21-22(29)26(23(30)33-21)12-15-3-8-19(24)20(25)10-15/h3-11H,12H2,1-2H3/b21-11-. The van der Waals surface area contributed by atoms with Gasteiger partial charge in [-0.05, 0) is 73.1 Å². The molecule has 2 amide bonds. The molecule has 0 aliphatic carbocycles. The van der Waals surface area contributed by atoms with Crippen molar-refractivity contribution >= 4 is 57.9 Å². The molecule has 2 heterocycles. The van der Waals surface area contributed by atoms with Crippen LogP contribution in [0.5, 0.6) is 0 Å². The zero-order valence-corrected chi connectivity index (χ0v) is 19.9. The molecule has 0 bridgehead atoms. The lowest BCUT2D eigenvalue weighted by Gasteiger charge is -2.13. The zero-order chi connectivity index (χ0) is 23.9. The Balaban J connectivity index is 1.61. The lowest BCUT2D eigenvalue weighted by Crippen LogP contribution is -2.27. The topological polar surface area (TPSA) is 85.5 Å². The Morgan fingerprint density at radius 3 is 2.36 bits per heavy atom. The Kier molecular flexibility index (Phi) is 6.34. The van der Waals surface area contributed by atoms with Crippen LogP contribution in [0, 0.1) is 24.0 Å². The normalized spacial score (nSPS) is 15.0. The number of nitro benzene ring substituents is 1. The van der Waals surface area contributed by atoms with Crippen LogP contribution < -0.4 is 0 Å². The van der Waals surface area contributed by atoms with Crippen molar-refractivity contribution in [2.75, 3.05) is 0 Å². The monoisotopic (exact) mass is 501 g/mol. The molecule has 0 saturated carbocycles. The molecule has 33 heavy (non-hydrogen) atoms. The number of carbonyl (C=O) groups is 2. The first-order chi connectivity index (χ1) is 15.7. The first-order valence-corrected chi connectivity index (χ1v) is 11.4. The molecule has 0 N–H and O–H groups in total. The van der Waals surface area contributed by atoms with Crippen LogP contribution >= 0.6 is 35.0 Å². The van der Waals surface area contributed by atoms with Crippen molar-refractivity contribution < 1.29 is 14.5 Å². The Morgan fingerprint density at radius 1 is 1.03 bits per heavy atom. The maximum absolute atomic E-state index is 12.9. The average Bonchev–Trinajstić information content (AvgIpc) is 3.20. The van der Waals surface area contributed by atoms with Gasteiger partial charge in [-0.2, -0.15) is 0 Å². The van der Waals surface area contributed by atoms with E-state index in [1.807, 2.05) is 24.5 Å². The molecule has 7 nitrogen and oxygen atoms in total. The number of carbonyl (C=O) groups excluding carboxylic acids is 2. The first kappa shape index (κ1) is 23.1. The molecule has 0 atom stereocenters. The number of nitro groups is 1. The highest BCUT2D eigenvalue weighted by atomic mass is 35.5. The van der Waals surface area contributed by atoms with Crippen LogP contribution in [0.2, 0.25) is 10.0 Å². The zero-order valence-electron chi connectivity index (χ0n) is 17.5. The van der Waals surface area contributed by atoms with Crippen LogP contribution in [-0.4, -0.2) is 25.5 Å². The van der Waals surface area contributed by atoms with E-state index in [2.05, 4.69) is 0 Å². The fraction of sp³-hybridized carbons (Fsp3) is 0.130. The van der Waals surface area contributed by atoms with Gasteiger partial charge >= 0.3 is 0 Å². The van der Waals surface area contributed by atoms with Crippen LogP contribution in [0.25, 0.3) is 11.8 Å². The highest BCUT2D eigenvalue weighted by Crippen LogP contribution is 2.35. The minimum atomic E-state index is -0.446. The number of thioether (sulfide) groups is 1. The van der Waals surface area contributed by atoms with Gasteiger partial charge in [0.05, 0.1) is 26.4 Å². The number of amides is 2. The van der Waals surface area contributed by atoms with Crippen molar-refractivity contribution in [3.63, 3.8) is 0 Å². The Bertz CT molecular complexity index is 1330. The Morgan fingerprint density at radius 2 is 1.73 bits per heavy atom. The number of halogens is 2. The molecule has 0 spiro atoms. The summed E-state index contributed by atoms with van der Waals surface area (Å²) in [7, 11) is 0. The van der Waals surface area contributed by atoms with Crippen LogP contribution in [0.3, 0.4) is 0 Å². The number of non-ortho nitro benzene ring substituents is 1. The summed E-state index contributed by atoms with van der Waals surface area (Å²) < 4.78 is 1.94. The molecule has 168 valence electrons. The Labute approximate surface area is 203 Å². The van der Waals surface area contributed by atoms with E-state index in [-0.39, 0.29) is 23.4 Å². The van der Waals surface area contributed by atoms with Crippen molar-refractivity contribution in [1.82, 2.24) is 9.47 Å². The predicted octanol–water partition coefficient (Wildman–Crippen LogP) is 6.55. The average molecular weight is 502 g/mol. The maximum Gasteiger partial charge on any atom is 0.293 e. The van der Waals surface area contributed by atoms with Crippen LogP contribution in [0.1, 0.15) is 22.5 Å². The second-order valence-electron chi connectivity index (χ2n) is 7.45. The largest absolute Gasteiger partial charge is 0.318 e. The minimum absolute atomic E-state index is 0.0112. The summed E-state index contributed by atoms with van der Waals surface area (Å²) in [6.45, 7) is 3.89. The second kappa shape index (κ2) is 9.05. The highest BCUT2D eigenvalue weighted by molar-refractivity contribution is 8.18. The fourth-order valence-corrected chi connectivity index (χ4v) is 4.80. The summed E-state index contributed by atoms with van der Waals surface area (Å²) in [6, 6.07) is 13.1. The van der Waals surface area contributed by atoms with Gasteiger partial charge in [-0.1, -0.05) is 29.3 Å². The lowest BCUT2D eigenvalue weighted by molar-refractivity contribution is -0.384. The number of aryl methyl sites for hydroxylation is 1. The summed E-state index contributed by atoms with van der Waals surface area (Å²) in [6.07, 6.45) is 1.70. The van der Waals surface area contributed by atoms with Crippen LogP contribution in [0.4, 0.5) is 10.5 Å². The van der Waals surface area contributed by atoms with Gasteiger partial charge in [0, 0.05) is 29.2 Å². The van der Waals surface area contributed by atoms with Crippen molar-refractivity contribution in [1.29, 1.82) is 0 Å². The molecule has 1 fully saturated rings. The summed E-state index contributed by atoms with van der Waals surface area (Å²) in [5.41, 5.74) is 4.00. The third-order valence-corrected chi connectivity index (χ3v) is 6.92. The van der Waals surface area contributed by atoms with Gasteiger partial charge in [-0.3, -0.25) is 24.6 Å². The number of hydrogen-bond donors (Lipinski definition) is 0. The van der Waals surface area contributed by atoms with Crippen LogP contribution in [-0.2, 0) is 11.3 Å². The Hall–Kier alpha value is -3.07. The third kappa shape index (κ3) is 4.55. The molecule has 10 heteroatoms. The van der Waals surface area contributed by atoms with Crippen molar-refractivity contribution in [2.24, 2.45) is 0 Å². The van der Waals surface area contributed by atoms with Gasteiger partial charge in [0.1, 0.15) is 0 Å². The maximum atomic E-state index is 12.9. The fourth-order valence-electron chi connectivity index (χ4n) is 3.65. The van der Waals surface area contributed by atoms with Gasteiger partial charge in [-0.25, -0.2) is 0 Å². The van der Waals surface area contributed by atoms with Gasteiger partial charge in [0.25, 0.3) is 16.8 Å². The van der Waals surface area contributed by atoms with Crippen molar-refractivity contribution in [2.45, 2.75) is 20.4 Å². The van der Waals surface area contributed by atoms with E-state index < -0.39 is 4.92 Å². The van der Waals surface area contributed by atoms with Crippen molar-refractivity contribution in [3.8, 4) is 5.69 Å². The van der Waals surface area contributed by atoms with Gasteiger partial charge in [0.15, 0.2) is 0 Å². The third-order valence-electron chi connectivity index (χ3n) is 5.27. The second-order valence-corrected chi connectivity index (χ2v) is 9.26. The van der Waals surface area contributed by atoms with E-state index in [9.17, 15) is 19.7 Å². The van der Waals surface area contributed by atoms with E-state index in [0.29, 0.717) is 20.5 Å². The number of nitrogens with zero attached hydrogens (tertiary/aromatic N) is 3. The van der Waals surface area contributed by atoms with E-state index in [1.165, 1.54) is 17.0 Å². The summed E-state index contributed by atoms with van der Waals surface area (Å²) in [4.78, 5) is 37.4. The smallest absolute Gasteiger partial charge is 0.293 e. The molecular weight excluding hydrogens is 485 g/mol. The first-order valence-electron chi connectivity index (χ1n) is 9.79. The van der Waals surface area contributed by atoms with Gasteiger partial charge < -0.3 is 4.57 Å². The predicted molar refractivity (Wildman–Crippen MR) is 130 cm³/mol. The quantitative estimate of drug-likeness (QED) is 0.225.